The first-order valence-electron chi connectivity index (χ1n) is 6.63. The topological polar surface area (TPSA) is 54.5 Å². The molecule has 0 saturated heterocycles. The summed E-state index contributed by atoms with van der Waals surface area (Å²) in [5, 5.41) is 2.85. The Labute approximate surface area is 124 Å². The molecule has 1 amide bonds. The summed E-state index contributed by atoms with van der Waals surface area (Å²) < 4.78 is 4.99. The molecule has 0 atom stereocenters. The van der Waals surface area contributed by atoms with Crippen LogP contribution in [0.1, 0.15) is 16.1 Å². The average molecular weight is 285 g/mol. The van der Waals surface area contributed by atoms with Gasteiger partial charge in [0.05, 0.1) is 17.9 Å². The molecule has 0 fully saturated rings. The van der Waals surface area contributed by atoms with Crippen molar-refractivity contribution in [2.75, 3.05) is 31.4 Å². The van der Waals surface area contributed by atoms with Crippen LogP contribution in [0.2, 0.25) is 0 Å². The van der Waals surface area contributed by atoms with Crippen molar-refractivity contribution in [3.05, 3.63) is 53.9 Å². The van der Waals surface area contributed by atoms with Gasteiger partial charge in [-0.05, 0) is 36.4 Å². The highest BCUT2D eigenvalue weighted by atomic mass is 16.5. The number of hydrogen-bond donors (Lipinski definition) is 1. The van der Waals surface area contributed by atoms with E-state index >= 15 is 0 Å². The van der Waals surface area contributed by atoms with Crippen LogP contribution < -0.4 is 10.2 Å². The standard InChI is InChI=1S/C16H19N3O2/c1-19(2)15-8-6-13(7-9-15)18-16(20)12-4-5-14(11-21-3)17-10-12/h4-10H,11H2,1-3H3,(H,18,20). The molecule has 0 aliphatic carbocycles. The predicted octanol–water partition coefficient (Wildman–Crippen LogP) is 2.55. The molecule has 1 aromatic heterocycles. The zero-order chi connectivity index (χ0) is 15.2. The zero-order valence-electron chi connectivity index (χ0n) is 12.5. The molecule has 0 spiro atoms. The number of anilines is 2. The number of rotatable bonds is 5. The van der Waals surface area contributed by atoms with Crippen LogP contribution in [-0.2, 0) is 11.3 Å². The fourth-order valence-electron chi connectivity index (χ4n) is 1.84. The number of pyridine rings is 1. The van der Waals surface area contributed by atoms with Crippen molar-refractivity contribution in [2.45, 2.75) is 6.61 Å². The van der Waals surface area contributed by atoms with E-state index in [0.29, 0.717) is 12.2 Å². The van der Waals surface area contributed by atoms with Crippen molar-refractivity contribution < 1.29 is 9.53 Å². The van der Waals surface area contributed by atoms with Crippen LogP contribution in [0.5, 0.6) is 0 Å². The van der Waals surface area contributed by atoms with E-state index in [4.69, 9.17) is 4.74 Å². The summed E-state index contributed by atoms with van der Waals surface area (Å²) in [7, 11) is 5.56. The van der Waals surface area contributed by atoms with Crippen LogP contribution in [0.3, 0.4) is 0 Å². The quantitative estimate of drug-likeness (QED) is 0.917. The van der Waals surface area contributed by atoms with Crippen LogP contribution in [0.4, 0.5) is 11.4 Å². The first kappa shape index (κ1) is 15.0. The Morgan fingerprint density at radius 2 is 1.90 bits per heavy atom. The molecule has 21 heavy (non-hydrogen) atoms. The average Bonchev–Trinajstić information content (AvgIpc) is 2.49. The minimum atomic E-state index is -0.177. The number of aromatic nitrogens is 1. The van der Waals surface area contributed by atoms with E-state index in [1.54, 1.807) is 25.4 Å². The van der Waals surface area contributed by atoms with Gasteiger partial charge in [-0.3, -0.25) is 9.78 Å². The van der Waals surface area contributed by atoms with Gasteiger partial charge in [0.2, 0.25) is 0 Å². The van der Waals surface area contributed by atoms with E-state index in [0.717, 1.165) is 17.1 Å². The lowest BCUT2D eigenvalue weighted by molar-refractivity contribution is 0.102. The zero-order valence-corrected chi connectivity index (χ0v) is 12.5. The number of hydrogen-bond acceptors (Lipinski definition) is 4. The van der Waals surface area contributed by atoms with Crippen molar-refractivity contribution in [2.24, 2.45) is 0 Å². The van der Waals surface area contributed by atoms with Crippen LogP contribution in [0.15, 0.2) is 42.6 Å². The van der Waals surface area contributed by atoms with Crippen LogP contribution in [-0.4, -0.2) is 32.1 Å². The summed E-state index contributed by atoms with van der Waals surface area (Å²) in [6, 6.07) is 11.2. The maximum atomic E-state index is 12.1. The fraction of sp³-hybridized carbons (Fsp3) is 0.250. The number of nitrogens with one attached hydrogen (secondary N) is 1. The van der Waals surface area contributed by atoms with E-state index in [1.807, 2.05) is 43.3 Å². The summed E-state index contributed by atoms with van der Waals surface area (Å²) in [5.74, 6) is -0.177. The smallest absolute Gasteiger partial charge is 0.257 e. The van der Waals surface area contributed by atoms with E-state index in [-0.39, 0.29) is 5.91 Å². The second-order valence-corrected chi connectivity index (χ2v) is 4.87. The molecule has 110 valence electrons. The molecular formula is C16H19N3O2. The van der Waals surface area contributed by atoms with Gasteiger partial charge >= 0.3 is 0 Å². The minimum absolute atomic E-state index is 0.177. The Balaban J connectivity index is 2.03. The van der Waals surface area contributed by atoms with Gasteiger partial charge in [0, 0.05) is 38.8 Å². The number of carbonyl (C=O) groups is 1. The van der Waals surface area contributed by atoms with E-state index in [1.165, 1.54) is 0 Å². The van der Waals surface area contributed by atoms with E-state index in [2.05, 4.69) is 10.3 Å². The summed E-state index contributed by atoms with van der Waals surface area (Å²) in [6.07, 6.45) is 1.55. The van der Waals surface area contributed by atoms with Crippen molar-refractivity contribution >= 4 is 17.3 Å². The third-order valence-electron chi connectivity index (χ3n) is 3.02. The molecule has 1 aromatic carbocycles. The third kappa shape index (κ3) is 4.03. The summed E-state index contributed by atoms with van der Waals surface area (Å²) in [5.41, 5.74) is 3.15. The Bertz CT molecular complexity index is 592. The first-order valence-corrected chi connectivity index (χ1v) is 6.63. The lowest BCUT2D eigenvalue weighted by atomic mass is 10.2. The molecule has 0 aliphatic rings. The molecule has 1 heterocycles. The molecule has 0 radical (unpaired) electrons. The summed E-state index contributed by atoms with van der Waals surface area (Å²) in [4.78, 5) is 18.3. The number of methoxy groups -OCH3 is 1. The Hall–Kier alpha value is -2.40. The Morgan fingerprint density at radius 1 is 1.19 bits per heavy atom. The number of ether oxygens (including phenoxy) is 1. The van der Waals surface area contributed by atoms with Crippen molar-refractivity contribution in [1.29, 1.82) is 0 Å². The monoisotopic (exact) mass is 285 g/mol. The largest absolute Gasteiger partial charge is 0.378 e. The molecule has 0 unspecified atom stereocenters. The highest BCUT2D eigenvalue weighted by Crippen LogP contribution is 2.16. The van der Waals surface area contributed by atoms with Gasteiger partial charge in [-0.25, -0.2) is 0 Å². The fourth-order valence-corrected chi connectivity index (χ4v) is 1.84. The van der Waals surface area contributed by atoms with Crippen LogP contribution in [0, 0.1) is 0 Å². The third-order valence-corrected chi connectivity index (χ3v) is 3.02. The maximum Gasteiger partial charge on any atom is 0.257 e. The SMILES string of the molecule is COCc1ccc(C(=O)Nc2ccc(N(C)C)cc2)cn1. The number of carbonyl (C=O) groups excluding carboxylic acids is 1. The van der Waals surface area contributed by atoms with Gasteiger partial charge in [0.1, 0.15) is 0 Å². The first-order chi connectivity index (χ1) is 10.1. The molecular weight excluding hydrogens is 266 g/mol. The lowest BCUT2D eigenvalue weighted by Gasteiger charge is -2.13. The van der Waals surface area contributed by atoms with Gasteiger partial charge in [-0.1, -0.05) is 0 Å². The minimum Gasteiger partial charge on any atom is -0.378 e. The van der Waals surface area contributed by atoms with Gasteiger partial charge in [-0.2, -0.15) is 0 Å². The normalized spacial score (nSPS) is 10.2. The van der Waals surface area contributed by atoms with Crippen molar-refractivity contribution in [3.63, 3.8) is 0 Å². The summed E-state index contributed by atoms with van der Waals surface area (Å²) in [6.45, 7) is 0.438. The Kier molecular flexibility index (Phi) is 4.90. The molecule has 5 heteroatoms. The molecule has 2 aromatic rings. The van der Waals surface area contributed by atoms with Gasteiger partial charge < -0.3 is 15.0 Å². The highest BCUT2D eigenvalue weighted by molar-refractivity contribution is 6.04. The van der Waals surface area contributed by atoms with Crippen LogP contribution in [0.25, 0.3) is 0 Å². The molecule has 2 rings (SSSR count). The molecule has 0 saturated carbocycles. The predicted molar refractivity (Wildman–Crippen MR) is 83.7 cm³/mol. The lowest BCUT2D eigenvalue weighted by Crippen LogP contribution is -2.13. The van der Waals surface area contributed by atoms with Gasteiger partial charge in [0.25, 0.3) is 5.91 Å². The molecule has 5 nitrogen and oxygen atoms in total. The Morgan fingerprint density at radius 3 is 2.43 bits per heavy atom. The van der Waals surface area contributed by atoms with Gasteiger partial charge in [-0.15, -0.1) is 0 Å². The molecule has 1 N–H and O–H groups in total. The second kappa shape index (κ2) is 6.85. The maximum absolute atomic E-state index is 12.1. The number of amides is 1. The van der Waals surface area contributed by atoms with E-state index < -0.39 is 0 Å². The second-order valence-electron chi connectivity index (χ2n) is 4.87. The van der Waals surface area contributed by atoms with Crippen molar-refractivity contribution in [1.82, 2.24) is 4.98 Å². The van der Waals surface area contributed by atoms with Crippen molar-refractivity contribution in [3.8, 4) is 0 Å². The number of nitrogens with zero attached hydrogens (tertiary/aromatic N) is 2. The highest BCUT2D eigenvalue weighted by Gasteiger charge is 2.07. The van der Waals surface area contributed by atoms with Crippen LogP contribution >= 0.6 is 0 Å². The number of benzene rings is 1. The van der Waals surface area contributed by atoms with E-state index in [9.17, 15) is 4.79 Å². The summed E-state index contributed by atoms with van der Waals surface area (Å²) >= 11 is 0. The van der Waals surface area contributed by atoms with Gasteiger partial charge in [0.15, 0.2) is 0 Å². The molecule has 0 bridgehead atoms. The molecule has 0 aliphatic heterocycles.